The first kappa shape index (κ1) is 63.9. The average molecular weight is 1160 g/mol. The predicted molar refractivity (Wildman–Crippen MR) is 290 cm³/mol. The number of fused-ring (bicyclic) bond motifs is 5. The van der Waals surface area contributed by atoms with Crippen molar-refractivity contribution in [3.8, 4) is 5.75 Å². The third kappa shape index (κ3) is 17.8. The van der Waals surface area contributed by atoms with E-state index < -0.39 is 77.5 Å². The standard InChI is InChI=1S/C55H77ClN8O17/c1-35-12-11-13-43(74-8)55(72)32-42(79-53(71)58-55)36(2)51-54(4,81-51)44(31-49(69)62(6)40-29-38(28-35)30-41(73-7)50(40)56)80-52(70)37(3)61(5)46(66)14-9-10-19-63-33-39(59-60-63)34-78-27-26-77-25-24-76-23-22-75-21-18-57-45(65)17-20-64-47(67)15-16-48(64)68/h11-13,15-16,29-30,33,36-37,42-44,51,72H,9-10,14,17-28,31-32,34H2,1-8H3,(H,57,65)(H,58,71)/b13-11+,35-12+/t36-,37+,42+,43?,44+,51+,54-,55+/m1/s1. The summed E-state index contributed by atoms with van der Waals surface area (Å²) in [6.07, 6.45) is 5.93. The first-order chi connectivity index (χ1) is 38.7. The molecule has 0 aliphatic carbocycles. The van der Waals surface area contributed by atoms with Crippen LogP contribution in [0.5, 0.6) is 5.75 Å². The number of nitrogens with zero attached hydrogens (tertiary/aromatic N) is 6. The molecule has 0 spiro atoms. The lowest BCUT2D eigenvalue weighted by molar-refractivity contribution is -0.162. The highest BCUT2D eigenvalue weighted by Gasteiger charge is 2.64. The van der Waals surface area contributed by atoms with Crippen molar-refractivity contribution in [3.63, 3.8) is 0 Å². The van der Waals surface area contributed by atoms with Gasteiger partial charge in [-0.25, -0.2) is 9.59 Å². The molecule has 1 aromatic carbocycles. The topological polar surface area (TPSA) is 291 Å². The number of allylic oxidation sites excluding steroid dienone is 3. The van der Waals surface area contributed by atoms with Gasteiger partial charge in [0.25, 0.3) is 11.8 Å². The summed E-state index contributed by atoms with van der Waals surface area (Å²) in [4.78, 5) is 93.7. The van der Waals surface area contributed by atoms with E-state index in [-0.39, 0.29) is 68.8 Å². The number of carbonyl (C=O) groups is 7. The number of anilines is 1. The Morgan fingerprint density at radius 1 is 0.975 bits per heavy atom. The second-order valence-corrected chi connectivity index (χ2v) is 20.9. The van der Waals surface area contributed by atoms with Crippen LogP contribution in [0.3, 0.4) is 0 Å². The molecule has 2 saturated heterocycles. The van der Waals surface area contributed by atoms with Gasteiger partial charge in [0, 0.05) is 78.2 Å². The number of hydrogen-bond donors (Lipinski definition) is 3. The second kappa shape index (κ2) is 30.1. The van der Waals surface area contributed by atoms with Crippen LogP contribution in [0.1, 0.15) is 77.5 Å². The molecule has 1 aromatic heterocycles. The number of amides is 6. The number of benzene rings is 1. The molecule has 2 fully saturated rings. The summed E-state index contributed by atoms with van der Waals surface area (Å²) in [7, 11) is 5.98. The van der Waals surface area contributed by atoms with Crippen LogP contribution >= 0.6 is 11.6 Å². The van der Waals surface area contributed by atoms with E-state index in [1.54, 1.807) is 63.0 Å². The molecule has 446 valence electrons. The summed E-state index contributed by atoms with van der Waals surface area (Å²) >= 11 is 6.82. The van der Waals surface area contributed by atoms with E-state index in [4.69, 9.17) is 54.2 Å². The molecule has 6 rings (SSSR count). The fourth-order valence-corrected chi connectivity index (χ4v) is 9.82. The number of aryl methyl sites for hydroxylation is 1. The Hall–Kier alpha value is -6.32. The maximum absolute atomic E-state index is 14.4. The highest BCUT2D eigenvalue weighted by Crippen LogP contribution is 2.49. The molecule has 4 bridgehead atoms. The SMILES string of the molecule is COc1cc2cc(c1Cl)N(C)C(=O)C[C@H](OC(=O)[C@H](C)N(C)C(=O)CCCCn1cc(COCCOCCOCCOCCNC(=O)CCN3C(=O)C=CC3=O)nn1)[C@@]1(C)O[C@H]1[C@H](C)[C@@H]1C[C@@](O)(NC(=O)O1)C(OC)/C=C/C=C(\C)C2. The average Bonchev–Trinajstić information content (AvgIpc) is 3.85. The quantitative estimate of drug-likeness (QED) is 0.0501. The molecular formula is C55H77ClN8O17. The summed E-state index contributed by atoms with van der Waals surface area (Å²) in [5.74, 6) is -2.89. The van der Waals surface area contributed by atoms with Crippen LogP contribution < -0.4 is 20.3 Å². The minimum Gasteiger partial charge on any atom is -0.495 e. The lowest BCUT2D eigenvalue weighted by atomic mass is 9.83. The molecule has 25 nitrogen and oxygen atoms in total. The first-order valence-corrected chi connectivity index (χ1v) is 27.4. The lowest BCUT2D eigenvalue weighted by Gasteiger charge is -2.42. The van der Waals surface area contributed by atoms with Gasteiger partial charge in [-0.1, -0.05) is 47.5 Å². The Morgan fingerprint density at radius 2 is 1.65 bits per heavy atom. The molecule has 8 atom stereocenters. The van der Waals surface area contributed by atoms with Crippen LogP contribution in [0.4, 0.5) is 10.5 Å². The van der Waals surface area contributed by atoms with Crippen LogP contribution in [0, 0.1) is 5.92 Å². The second-order valence-electron chi connectivity index (χ2n) is 20.5. The van der Waals surface area contributed by atoms with Crippen LogP contribution in [-0.2, 0) is 86.2 Å². The molecule has 4 aliphatic rings. The van der Waals surface area contributed by atoms with E-state index in [0.29, 0.717) is 82.6 Å². The number of imide groups is 1. The number of rotatable bonds is 27. The fraction of sp³-hybridized carbons (Fsp3) is 0.618. The maximum Gasteiger partial charge on any atom is 0.409 e. The van der Waals surface area contributed by atoms with Crippen LogP contribution in [0.2, 0.25) is 5.02 Å². The van der Waals surface area contributed by atoms with Gasteiger partial charge >= 0.3 is 12.1 Å². The van der Waals surface area contributed by atoms with Crippen molar-refractivity contribution in [2.24, 2.45) is 5.92 Å². The van der Waals surface area contributed by atoms with Gasteiger partial charge in [0.15, 0.2) is 5.72 Å². The highest BCUT2D eigenvalue weighted by molar-refractivity contribution is 6.35. The summed E-state index contributed by atoms with van der Waals surface area (Å²) in [6.45, 7) is 10.3. The van der Waals surface area contributed by atoms with Crippen molar-refractivity contribution in [2.45, 2.75) is 128 Å². The normalized spacial score (nSPS) is 25.3. The number of epoxide rings is 1. The van der Waals surface area contributed by atoms with E-state index in [1.165, 1.54) is 43.2 Å². The summed E-state index contributed by atoms with van der Waals surface area (Å²) in [5.41, 5.74) is -0.462. The number of aromatic nitrogens is 3. The number of unbranched alkanes of at least 4 members (excludes halogenated alkanes) is 1. The number of alkyl carbamates (subject to hydrolysis) is 1. The predicted octanol–water partition coefficient (Wildman–Crippen LogP) is 2.97. The third-order valence-corrected chi connectivity index (χ3v) is 14.9. The molecule has 6 amide bonds. The fourth-order valence-electron chi connectivity index (χ4n) is 9.51. The van der Waals surface area contributed by atoms with Crippen molar-refractivity contribution in [1.29, 1.82) is 0 Å². The van der Waals surface area contributed by atoms with Gasteiger partial charge in [0.05, 0.1) is 84.4 Å². The van der Waals surface area contributed by atoms with Gasteiger partial charge in [-0.3, -0.25) is 38.9 Å². The molecular weight excluding hydrogens is 1080 g/mol. The Labute approximate surface area is 476 Å². The number of methoxy groups -OCH3 is 2. The number of nitrogens with one attached hydrogen (secondary N) is 2. The molecule has 81 heavy (non-hydrogen) atoms. The smallest absolute Gasteiger partial charge is 0.409 e. The molecule has 0 radical (unpaired) electrons. The number of hydrogen-bond acceptors (Lipinski definition) is 19. The highest BCUT2D eigenvalue weighted by atomic mass is 35.5. The molecule has 2 aromatic rings. The third-order valence-electron chi connectivity index (χ3n) is 14.5. The molecule has 26 heteroatoms. The van der Waals surface area contributed by atoms with Gasteiger partial charge in [0.1, 0.15) is 46.4 Å². The van der Waals surface area contributed by atoms with Crippen molar-refractivity contribution in [1.82, 2.24) is 35.4 Å². The molecule has 1 unspecified atom stereocenters. The Kier molecular flexibility index (Phi) is 23.7. The Balaban J connectivity index is 0.920. The van der Waals surface area contributed by atoms with Crippen molar-refractivity contribution in [3.05, 3.63) is 70.6 Å². The van der Waals surface area contributed by atoms with Crippen LogP contribution in [-0.4, -0.2) is 201 Å². The van der Waals surface area contributed by atoms with Crippen LogP contribution in [0.25, 0.3) is 0 Å². The first-order valence-electron chi connectivity index (χ1n) is 27.0. The number of esters is 1. The number of likely N-dealkylation sites (N-methyl/N-ethyl adjacent to an activating group) is 1. The number of aliphatic hydroxyl groups is 1. The zero-order valence-corrected chi connectivity index (χ0v) is 48.1. The zero-order valence-electron chi connectivity index (χ0n) is 47.4. The largest absolute Gasteiger partial charge is 0.495 e. The number of halogens is 1. The minimum atomic E-state index is -1.87. The summed E-state index contributed by atoms with van der Waals surface area (Å²) in [6, 6.07) is 2.50. The zero-order chi connectivity index (χ0) is 58.9. The van der Waals surface area contributed by atoms with E-state index in [0.717, 1.165) is 16.0 Å². The summed E-state index contributed by atoms with van der Waals surface area (Å²) in [5, 5.41) is 25.6. The van der Waals surface area contributed by atoms with Gasteiger partial charge in [0.2, 0.25) is 17.7 Å². The number of ether oxygens (including phenoxy) is 9. The Bertz CT molecular complexity index is 2610. The molecule has 5 heterocycles. The maximum atomic E-state index is 14.4. The lowest BCUT2D eigenvalue weighted by Crippen LogP contribution is -2.63. The van der Waals surface area contributed by atoms with E-state index in [1.807, 2.05) is 13.0 Å². The van der Waals surface area contributed by atoms with E-state index >= 15 is 0 Å². The van der Waals surface area contributed by atoms with Gasteiger partial charge < -0.3 is 62.9 Å². The van der Waals surface area contributed by atoms with Gasteiger partial charge in [-0.15, -0.1) is 5.10 Å². The molecule has 3 N–H and O–H groups in total. The van der Waals surface area contributed by atoms with Crippen molar-refractivity contribution < 1.29 is 81.3 Å². The molecule has 0 saturated carbocycles. The summed E-state index contributed by atoms with van der Waals surface area (Å²) < 4.78 is 53.3. The van der Waals surface area contributed by atoms with Crippen molar-refractivity contribution >= 4 is 58.9 Å². The van der Waals surface area contributed by atoms with Crippen LogP contribution in [0.15, 0.2) is 54.3 Å². The van der Waals surface area contributed by atoms with Gasteiger partial charge in [-0.2, -0.15) is 0 Å². The van der Waals surface area contributed by atoms with Gasteiger partial charge in [-0.05, 0) is 57.7 Å². The minimum absolute atomic E-state index is 0.0162. The van der Waals surface area contributed by atoms with Crippen molar-refractivity contribution in [2.75, 3.05) is 92.6 Å². The monoisotopic (exact) mass is 1160 g/mol. The van der Waals surface area contributed by atoms with E-state index in [2.05, 4.69) is 20.9 Å². The Morgan fingerprint density at radius 3 is 2.33 bits per heavy atom. The number of carbonyl (C=O) groups excluding carboxylic acids is 7. The molecule has 4 aliphatic heterocycles. The van der Waals surface area contributed by atoms with E-state index in [9.17, 15) is 38.7 Å².